The molecule has 21 heavy (non-hydrogen) atoms. The van der Waals surface area contributed by atoms with Crippen molar-refractivity contribution in [1.82, 2.24) is 9.78 Å². The Labute approximate surface area is 119 Å². The minimum atomic E-state index is -1.11. The summed E-state index contributed by atoms with van der Waals surface area (Å²) in [6.45, 7) is 1.87. The van der Waals surface area contributed by atoms with Crippen LogP contribution in [0.25, 0.3) is 17.1 Å². The predicted molar refractivity (Wildman–Crippen MR) is 74.6 cm³/mol. The number of aromatic nitrogens is 2. The molecule has 0 aliphatic heterocycles. The largest absolute Gasteiger partial charge is 0.506 e. The minimum Gasteiger partial charge on any atom is -0.506 e. The van der Waals surface area contributed by atoms with Crippen LogP contribution in [0.5, 0.6) is 5.75 Å². The van der Waals surface area contributed by atoms with E-state index in [0.29, 0.717) is 11.4 Å². The van der Waals surface area contributed by atoms with Gasteiger partial charge in [0.15, 0.2) is 5.76 Å². The first-order valence-electron chi connectivity index (χ1n) is 6.23. The Morgan fingerprint density at radius 1 is 1.33 bits per heavy atom. The van der Waals surface area contributed by atoms with Gasteiger partial charge < -0.3 is 14.6 Å². The van der Waals surface area contributed by atoms with Crippen molar-refractivity contribution in [3.63, 3.8) is 0 Å². The van der Waals surface area contributed by atoms with Crippen molar-refractivity contribution in [1.29, 1.82) is 0 Å². The monoisotopic (exact) mass is 284 g/mol. The third kappa shape index (κ3) is 2.16. The summed E-state index contributed by atoms with van der Waals surface area (Å²) in [6.07, 6.45) is 2.69. The van der Waals surface area contributed by atoms with Crippen LogP contribution in [-0.4, -0.2) is 26.0 Å². The van der Waals surface area contributed by atoms with E-state index in [0.717, 1.165) is 5.56 Å². The highest BCUT2D eigenvalue weighted by Gasteiger charge is 2.22. The molecule has 0 unspecified atom stereocenters. The zero-order chi connectivity index (χ0) is 15.0. The van der Waals surface area contributed by atoms with Crippen molar-refractivity contribution in [3.8, 4) is 22.9 Å². The number of rotatable bonds is 3. The summed E-state index contributed by atoms with van der Waals surface area (Å²) in [6, 6.07) is 8.33. The molecule has 1 aromatic carbocycles. The van der Waals surface area contributed by atoms with Crippen LogP contribution in [0.3, 0.4) is 0 Å². The van der Waals surface area contributed by atoms with E-state index in [9.17, 15) is 15.0 Å². The second kappa shape index (κ2) is 4.82. The van der Waals surface area contributed by atoms with E-state index >= 15 is 0 Å². The van der Waals surface area contributed by atoms with E-state index in [1.165, 1.54) is 17.1 Å². The molecule has 0 saturated carbocycles. The molecule has 0 aliphatic rings. The van der Waals surface area contributed by atoms with Crippen LogP contribution in [0.15, 0.2) is 47.2 Å². The van der Waals surface area contributed by atoms with Crippen molar-refractivity contribution < 1.29 is 19.4 Å². The van der Waals surface area contributed by atoms with Crippen LogP contribution in [0.4, 0.5) is 0 Å². The highest BCUT2D eigenvalue weighted by atomic mass is 16.4. The number of phenols is 1. The molecule has 2 heterocycles. The summed E-state index contributed by atoms with van der Waals surface area (Å²) in [7, 11) is 0. The average molecular weight is 284 g/mol. The molecule has 2 aromatic heterocycles. The first-order valence-corrected chi connectivity index (χ1v) is 6.23. The molecule has 2 N–H and O–H groups in total. The van der Waals surface area contributed by atoms with Gasteiger partial charge in [0.05, 0.1) is 12.5 Å². The second-order valence-electron chi connectivity index (χ2n) is 4.59. The molecule has 0 saturated heterocycles. The van der Waals surface area contributed by atoms with Gasteiger partial charge in [-0.3, -0.25) is 0 Å². The molecule has 0 radical (unpaired) electrons. The highest BCUT2D eigenvalue weighted by Crippen LogP contribution is 2.31. The van der Waals surface area contributed by atoms with Gasteiger partial charge >= 0.3 is 5.97 Å². The fourth-order valence-corrected chi connectivity index (χ4v) is 2.14. The molecule has 106 valence electrons. The number of carbonyl (C=O) groups is 1. The molecule has 3 rings (SSSR count). The van der Waals surface area contributed by atoms with E-state index in [4.69, 9.17) is 4.42 Å². The first-order chi connectivity index (χ1) is 10.1. The Kier molecular flexibility index (Phi) is 2.98. The fraction of sp³-hybridized carbons (Fsp3) is 0.0667. The summed E-state index contributed by atoms with van der Waals surface area (Å²) in [5, 5.41) is 23.4. The molecule has 6 heteroatoms. The number of aromatic carboxylic acids is 1. The van der Waals surface area contributed by atoms with E-state index < -0.39 is 5.97 Å². The summed E-state index contributed by atoms with van der Waals surface area (Å²) < 4.78 is 6.66. The Morgan fingerprint density at radius 2 is 2.14 bits per heavy atom. The molecule has 0 atom stereocenters. The molecule has 3 aromatic rings. The van der Waals surface area contributed by atoms with Crippen LogP contribution >= 0.6 is 0 Å². The number of hydrogen-bond acceptors (Lipinski definition) is 4. The predicted octanol–water partition coefficient (Wildman–Crippen LogP) is 2.84. The molecule has 0 bridgehead atoms. The van der Waals surface area contributed by atoms with E-state index in [2.05, 4.69) is 5.10 Å². The smallest absolute Gasteiger partial charge is 0.339 e. The van der Waals surface area contributed by atoms with Crippen LogP contribution in [-0.2, 0) is 0 Å². The van der Waals surface area contributed by atoms with Crippen molar-refractivity contribution in [2.75, 3.05) is 0 Å². The van der Waals surface area contributed by atoms with Gasteiger partial charge in [0, 0.05) is 0 Å². The van der Waals surface area contributed by atoms with Gasteiger partial charge in [-0.25, -0.2) is 9.48 Å². The van der Waals surface area contributed by atoms with E-state index in [1.807, 2.05) is 6.92 Å². The quantitative estimate of drug-likeness (QED) is 0.772. The zero-order valence-electron chi connectivity index (χ0n) is 11.1. The van der Waals surface area contributed by atoms with E-state index in [-0.39, 0.29) is 17.0 Å². The maximum absolute atomic E-state index is 11.4. The van der Waals surface area contributed by atoms with Gasteiger partial charge in [-0.05, 0) is 36.8 Å². The molecular formula is C15H12N2O4. The van der Waals surface area contributed by atoms with E-state index in [1.54, 1.807) is 30.3 Å². The van der Waals surface area contributed by atoms with Crippen LogP contribution in [0.1, 0.15) is 15.9 Å². The Morgan fingerprint density at radius 3 is 2.81 bits per heavy atom. The topological polar surface area (TPSA) is 88.5 Å². The minimum absolute atomic E-state index is 0.00542. The lowest BCUT2D eigenvalue weighted by molar-refractivity contribution is 0.0697. The lowest BCUT2D eigenvalue weighted by atomic mass is 10.1. The lowest BCUT2D eigenvalue weighted by Crippen LogP contribution is -2.03. The molecule has 6 nitrogen and oxygen atoms in total. The second-order valence-corrected chi connectivity index (χ2v) is 4.59. The molecule has 0 aliphatic carbocycles. The number of phenolic OH excluding ortho intramolecular Hbond substituents is 1. The summed E-state index contributed by atoms with van der Waals surface area (Å²) in [5.74, 6) is -0.737. The van der Waals surface area contributed by atoms with Crippen molar-refractivity contribution in [2.45, 2.75) is 6.92 Å². The number of carboxylic acids is 1. The molecular weight excluding hydrogens is 272 g/mol. The summed E-state index contributed by atoms with van der Waals surface area (Å²) in [5.41, 5.74) is 1.61. The molecule has 0 spiro atoms. The number of furan rings is 1. The van der Waals surface area contributed by atoms with Crippen molar-refractivity contribution >= 4 is 5.97 Å². The van der Waals surface area contributed by atoms with Crippen molar-refractivity contribution in [2.24, 2.45) is 0 Å². The number of hydrogen-bond donors (Lipinski definition) is 2. The highest BCUT2D eigenvalue weighted by molar-refractivity contribution is 5.94. The maximum Gasteiger partial charge on any atom is 0.339 e. The van der Waals surface area contributed by atoms with Gasteiger partial charge in [-0.2, -0.15) is 5.10 Å². The normalized spacial score (nSPS) is 10.7. The lowest BCUT2D eigenvalue weighted by Gasteiger charge is -2.09. The molecule has 0 amide bonds. The van der Waals surface area contributed by atoms with Gasteiger partial charge in [-0.1, -0.05) is 6.07 Å². The summed E-state index contributed by atoms with van der Waals surface area (Å²) in [4.78, 5) is 11.4. The number of aromatic hydroxyl groups is 1. The maximum atomic E-state index is 11.4. The van der Waals surface area contributed by atoms with Gasteiger partial charge in [0.2, 0.25) is 0 Å². The van der Waals surface area contributed by atoms with Gasteiger partial charge in [0.1, 0.15) is 22.7 Å². The summed E-state index contributed by atoms with van der Waals surface area (Å²) >= 11 is 0. The molecule has 0 fully saturated rings. The number of benzene rings is 1. The zero-order valence-corrected chi connectivity index (χ0v) is 11.1. The third-order valence-electron chi connectivity index (χ3n) is 3.11. The van der Waals surface area contributed by atoms with Gasteiger partial charge in [-0.15, -0.1) is 0 Å². The Hall–Kier alpha value is -3.02. The fourth-order valence-electron chi connectivity index (χ4n) is 2.14. The SMILES string of the molecule is Cc1ccc(O)c(-n2ncc(C(=O)O)c2-c2ccco2)c1. The Bertz CT molecular complexity index is 803. The standard InChI is InChI=1S/C15H12N2O4/c1-9-4-5-12(18)11(7-9)17-14(13-3-2-6-21-13)10(8-16-17)15(19)20/h2-8,18H,1H3,(H,19,20). The third-order valence-corrected chi connectivity index (χ3v) is 3.11. The number of aryl methyl sites for hydroxylation is 1. The van der Waals surface area contributed by atoms with Crippen LogP contribution in [0.2, 0.25) is 0 Å². The Balaban J connectivity index is 2.29. The number of carboxylic acid groups (broad SMARTS) is 1. The van der Waals surface area contributed by atoms with Crippen molar-refractivity contribution in [3.05, 3.63) is 53.9 Å². The first kappa shape index (κ1) is 13.0. The van der Waals surface area contributed by atoms with Gasteiger partial charge in [0.25, 0.3) is 0 Å². The number of nitrogens with zero attached hydrogens (tertiary/aromatic N) is 2. The van der Waals surface area contributed by atoms with Crippen LogP contribution in [0, 0.1) is 6.92 Å². The van der Waals surface area contributed by atoms with Crippen LogP contribution < -0.4 is 0 Å². The average Bonchev–Trinajstić information content (AvgIpc) is 3.08.